The number of hydrogen-bond acceptors (Lipinski definition) is 2. The molecule has 0 aromatic carbocycles. The Hall–Kier alpha value is -1.52. The number of carbonyl (C=O) groups is 1. The fourth-order valence-electron chi connectivity index (χ4n) is 1.88. The van der Waals surface area contributed by atoms with Gasteiger partial charge in [-0.25, -0.2) is 8.78 Å². The lowest BCUT2D eigenvalue weighted by atomic mass is 9.93. The summed E-state index contributed by atoms with van der Waals surface area (Å²) < 4.78 is 26.3. The van der Waals surface area contributed by atoms with Crippen molar-refractivity contribution >= 4 is 5.97 Å². The molecule has 15 heavy (non-hydrogen) atoms. The van der Waals surface area contributed by atoms with Crippen molar-refractivity contribution in [2.75, 3.05) is 0 Å². The number of halogens is 2. The summed E-state index contributed by atoms with van der Waals surface area (Å²) >= 11 is 0. The van der Waals surface area contributed by atoms with Crippen LogP contribution in [0.4, 0.5) is 8.78 Å². The average molecular weight is 213 g/mol. The van der Waals surface area contributed by atoms with Gasteiger partial charge in [-0.05, 0) is 24.1 Å². The number of carboxylic acid groups (broad SMARTS) is 1. The maximum atomic E-state index is 13.2. The summed E-state index contributed by atoms with van der Waals surface area (Å²) in [7, 11) is 0. The fraction of sp³-hybridized carbons (Fsp3) is 0.400. The molecule has 0 bridgehead atoms. The minimum Gasteiger partial charge on any atom is -0.480 e. The number of hydrogen-bond donors (Lipinski definition) is 1. The average Bonchev–Trinajstić information content (AvgIpc) is 2.71. The number of alkyl halides is 2. The highest BCUT2D eigenvalue weighted by Gasteiger charge is 2.77. The van der Waals surface area contributed by atoms with E-state index in [0.29, 0.717) is 5.56 Å². The number of rotatable bonds is 2. The van der Waals surface area contributed by atoms with Crippen LogP contribution in [-0.4, -0.2) is 22.0 Å². The molecule has 1 N–H and O–H groups in total. The molecule has 1 aliphatic carbocycles. The van der Waals surface area contributed by atoms with E-state index in [1.807, 2.05) is 0 Å². The normalized spacial score (nSPS) is 27.4. The largest absolute Gasteiger partial charge is 0.480 e. The molecule has 1 atom stereocenters. The SMILES string of the molecule is Cc1cnccc1C1(C(=O)O)CC1(F)F. The van der Waals surface area contributed by atoms with E-state index < -0.39 is 23.7 Å². The highest BCUT2D eigenvalue weighted by molar-refractivity contribution is 5.88. The lowest BCUT2D eigenvalue weighted by Crippen LogP contribution is -2.28. The van der Waals surface area contributed by atoms with E-state index in [9.17, 15) is 13.6 Å². The molecule has 0 amide bonds. The van der Waals surface area contributed by atoms with Crippen LogP contribution in [0.2, 0.25) is 0 Å². The second-order valence-electron chi connectivity index (χ2n) is 3.78. The summed E-state index contributed by atoms with van der Waals surface area (Å²) in [6, 6.07) is 1.35. The van der Waals surface area contributed by atoms with Gasteiger partial charge in [0.15, 0.2) is 5.41 Å². The topological polar surface area (TPSA) is 50.2 Å². The van der Waals surface area contributed by atoms with E-state index in [4.69, 9.17) is 5.11 Å². The van der Waals surface area contributed by atoms with Crippen LogP contribution in [0.1, 0.15) is 17.5 Å². The van der Waals surface area contributed by atoms with E-state index in [1.165, 1.54) is 18.5 Å². The monoisotopic (exact) mass is 213 g/mol. The zero-order chi connectivity index (χ0) is 11.3. The molecule has 1 saturated carbocycles. The van der Waals surface area contributed by atoms with Gasteiger partial charge in [0.2, 0.25) is 0 Å². The summed E-state index contributed by atoms with van der Waals surface area (Å²) in [5.41, 5.74) is -1.38. The zero-order valence-electron chi connectivity index (χ0n) is 8.00. The van der Waals surface area contributed by atoms with Crippen LogP contribution in [0.25, 0.3) is 0 Å². The van der Waals surface area contributed by atoms with Crippen LogP contribution >= 0.6 is 0 Å². The molecule has 1 aromatic rings. The Morgan fingerprint density at radius 3 is 2.60 bits per heavy atom. The second kappa shape index (κ2) is 2.74. The molecular formula is C10H9F2NO2. The Labute approximate surface area is 84.8 Å². The van der Waals surface area contributed by atoms with Gasteiger partial charge in [0.05, 0.1) is 0 Å². The number of nitrogens with zero attached hydrogens (tertiary/aromatic N) is 1. The van der Waals surface area contributed by atoms with E-state index in [2.05, 4.69) is 4.98 Å². The highest BCUT2D eigenvalue weighted by atomic mass is 19.3. The van der Waals surface area contributed by atoms with Gasteiger partial charge in [-0.3, -0.25) is 9.78 Å². The van der Waals surface area contributed by atoms with Crippen molar-refractivity contribution in [1.29, 1.82) is 0 Å². The van der Waals surface area contributed by atoms with E-state index in [1.54, 1.807) is 6.92 Å². The highest BCUT2D eigenvalue weighted by Crippen LogP contribution is 2.62. The summed E-state index contributed by atoms with van der Waals surface area (Å²) in [5.74, 6) is -4.62. The lowest BCUT2D eigenvalue weighted by Gasteiger charge is -2.13. The minimum atomic E-state index is -3.15. The first-order valence-corrected chi connectivity index (χ1v) is 4.44. The van der Waals surface area contributed by atoms with Crippen molar-refractivity contribution in [2.45, 2.75) is 24.7 Å². The summed E-state index contributed by atoms with van der Waals surface area (Å²) in [5, 5.41) is 8.92. The number of aliphatic carboxylic acids is 1. The molecule has 0 aliphatic heterocycles. The predicted molar refractivity (Wildman–Crippen MR) is 47.9 cm³/mol. The van der Waals surface area contributed by atoms with Gasteiger partial charge in [-0.2, -0.15) is 0 Å². The van der Waals surface area contributed by atoms with Crippen molar-refractivity contribution in [2.24, 2.45) is 0 Å². The van der Waals surface area contributed by atoms with Crippen LogP contribution in [-0.2, 0) is 10.2 Å². The van der Waals surface area contributed by atoms with Crippen LogP contribution < -0.4 is 0 Å². The third-order valence-electron chi connectivity index (χ3n) is 2.83. The molecule has 1 fully saturated rings. The first-order chi connectivity index (χ1) is 6.92. The smallest absolute Gasteiger partial charge is 0.320 e. The number of pyridine rings is 1. The Bertz CT molecular complexity index is 433. The molecule has 1 unspecified atom stereocenters. The van der Waals surface area contributed by atoms with Gasteiger partial charge in [-0.1, -0.05) is 0 Å². The van der Waals surface area contributed by atoms with Crippen LogP contribution in [0.5, 0.6) is 0 Å². The second-order valence-corrected chi connectivity index (χ2v) is 3.78. The maximum Gasteiger partial charge on any atom is 0.320 e. The summed E-state index contributed by atoms with van der Waals surface area (Å²) in [6.45, 7) is 1.58. The Morgan fingerprint density at radius 2 is 2.20 bits per heavy atom. The first-order valence-electron chi connectivity index (χ1n) is 4.44. The molecule has 1 aromatic heterocycles. The van der Waals surface area contributed by atoms with Gasteiger partial charge in [-0.15, -0.1) is 0 Å². The molecule has 5 heteroatoms. The Balaban J connectivity index is 2.55. The third kappa shape index (κ3) is 1.15. The summed E-state index contributed by atoms with van der Waals surface area (Å²) in [6.07, 6.45) is 2.11. The molecule has 1 heterocycles. The van der Waals surface area contributed by atoms with Crippen molar-refractivity contribution < 1.29 is 18.7 Å². The molecule has 0 saturated heterocycles. The van der Waals surface area contributed by atoms with E-state index in [-0.39, 0.29) is 5.56 Å². The van der Waals surface area contributed by atoms with E-state index in [0.717, 1.165) is 0 Å². The molecule has 2 rings (SSSR count). The maximum absolute atomic E-state index is 13.2. The number of aryl methyl sites for hydroxylation is 1. The Morgan fingerprint density at radius 1 is 1.60 bits per heavy atom. The predicted octanol–water partition coefficient (Wildman–Crippen LogP) is 1.75. The van der Waals surface area contributed by atoms with Gasteiger partial charge < -0.3 is 5.11 Å². The summed E-state index contributed by atoms with van der Waals surface area (Å²) in [4.78, 5) is 14.7. The van der Waals surface area contributed by atoms with Gasteiger partial charge >= 0.3 is 5.97 Å². The lowest BCUT2D eigenvalue weighted by molar-refractivity contribution is -0.143. The van der Waals surface area contributed by atoms with Gasteiger partial charge in [0.25, 0.3) is 5.92 Å². The van der Waals surface area contributed by atoms with Crippen molar-refractivity contribution in [3.05, 3.63) is 29.6 Å². The Kier molecular flexibility index (Phi) is 1.83. The van der Waals surface area contributed by atoms with Crippen LogP contribution in [0.15, 0.2) is 18.5 Å². The number of carboxylic acids is 1. The molecular weight excluding hydrogens is 204 g/mol. The molecule has 3 nitrogen and oxygen atoms in total. The van der Waals surface area contributed by atoms with Crippen LogP contribution in [0.3, 0.4) is 0 Å². The van der Waals surface area contributed by atoms with Gasteiger partial charge in [0.1, 0.15) is 0 Å². The fourth-order valence-corrected chi connectivity index (χ4v) is 1.88. The van der Waals surface area contributed by atoms with Crippen molar-refractivity contribution in [1.82, 2.24) is 4.98 Å². The van der Waals surface area contributed by atoms with Gasteiger partial charge in [0, 0.05) is 18.8 Å². The third-order valence-corrected chi connectivity index (χ3v) is 2.83. The minimum absolute atomic E-state index is 0.162. The standard InChI is InChI=1S/C10H9F2NO2/c1-6-4-13-3-2-7(6)9(8(14)15)5-10(9,11)12/h2-4H,5H2,1H3,(H,14,15). The van der Waals surface area contributed by atoms with Crippen molar-refractivity contribution in [3.8, 4) is 0 Å². The number of aromatic nitrogens is 1. The molecule has 1 aliphatic rings. The molecule has 0 radical (unpaired) electrons. The first kappa shape index (κ1) is 10.0. The zero-order valence-corrected chi connectivity index (χ0v) is 8.00. The quantitative estimate of drug-likeness (QED) is 0.814. The van der Waals surface area contributed by atoms with Crippen LogP contribution in [0, 0.1) is 6.92 Å². The molecule has 80 valence electrons. The molecule has 0 spiro atoms. The van der Waals surface area contributed by atoms with Crippen molar-refractivity contribution in [3.63, 3.8) is 0 Å². The van der Waals surface area contributed by atoms with E-state index >= 15 is 0 Å².